The number of carbonyl (C=O) groups excluding carboxylic acids is 2. The maximum atomic E-state index is 12.8. The molecular weight excluding hydrogens is 464 g/mol. The summed E-state index contributed by atoms with van der Waals surface area (Å²) in [5, 5.41) is 6.42. The van der Waals surface area contributed by atoms with Gasteiger partial charge in [0.1, 0.15) is 18.0 Å². The molecular formula is C26H26N4O4S. The van der Waals surface area contributed by atoms with E-state index in [2.05, 4.69) is 15.6 Å². The fourth-order valence-corrected chi connectivity index (χ4v) is 4.28. The van der Waals surface area contributed by atoms with Crippen LogP contribution in [0.5, 0.6) is 11.5 Å². The van der Waals surface area contributed by atoms with Crippen LogP contribution in [0.2, 0.25) is 0 Å². The average Bonchev–Trinajstić information content (AvgIpc) is 3.24. The van der Waals surface area contributed by atoms with Crippen LogP contribution in [0.1, 0.15) is 5.56 Å². The van der Waals surface area contributed by atoms with Gasteiger partial charge < -0.3 is 24.7 Å². The summed E-state index contributed by atoms with van der Waals surface area (Å²) in [7, 11) is 3.21. The van der Waals surface area contributed by atoms with Crippen LogP contribution in [0.25, 0.3) is 11.0 Å². The van der Waals surface area contributed by atoms with Crippen molar-refractivity contribution in [2.75, 3.05) is 25.3 Å². The number of aromatic nitrogens is 2. The molecule has 3 aromatic carbocycles. The molecule has 0 bridgehead atoms. The molecule has 0 aliphatic rings. The van der Waals surface area contributed by atoms with Crippen LogP contribution in [-0.4, -0.2) is 41.3 Å². The third kappa shape index (κ3) is 6.33. The van der Waals surface area contributed by atoms with Crippen molar-refractivity contribution in [1.82, 2.24) is 14.9 Å². The van der Waals surface area contributed by atoms with Gasteiger partial charge in [0.25, 0.3) is 0 Å². The van der Waals surface area contributed by atoms with Crippen LogP contribution in [0.3, 0.4) is 0 Å². The maximum Gasteiger partial charge on any atom is 0.240 e. The Balaban J connectivity index is 1.40. The van der Waals surface area contributed by atoms with Gasteiger partial charge >= 0.3 is 0 Å². The second kappa shape index (κ2) is 11.4. The van der Waals surface area contributed by atoms with Gasteiger partial charge in [0.15, 0.2) is 5.16 Å². The zero-order valence-corrected chi connectivity index (χ0v) is 20.3. The summed E-state index contributed by atoms with van der Waals surface area (Å²) in [5.41, 5.74) is 3.26. The lowest BCUT2D eigenvalue weighted by atomic mass is 10.2. The van der Waals surface area contributed by atoms with Crippen LogP contribution in [0.15, 0.2) is 78.0 Å². The van der Waals surface area contributed by atoms with Crippen molar-refractivity contribution in [1.29, 1.82) is 0 Å². The highest BCUT2D eigenvalue weighted by Gasteiger charge is 2.15. The van der Waals surface area contributed by atoms with E-state index in [0.29, 0.717) is 17.4 Å². The van der Waals surface area contributed by atoms with Crippen LogP contribution in [0, 0.1) is 0 Å². The number of amides is 2. The number of benzene rings is 3. The van der Waals surface area contributed by atoms with Crippen molar-refractivity contribution in [2.45, 2.75) is 18.2 Å². The Morgan fingerprint density at radius 3 is 2.23 bits per heavy atom. The Labute approximate surface area is 207 Å². The minimum absolute atomic E-state index is 0.0963. The average molecular weight is 491 g/mol. The predicted octanol–water partition coefficient (Wildman–Crippen LogP) is 4.10. The highest BCUT2D eigenvalue weighted by Crippen LogP contribution is 2.24. The van der Waals surface area contributed by atoms with E-state index in [1.807, 2.05) is 53.1 Å². The number of rotatable bonds is 10. The number of hydrogen-bond acceptors (Lipinski definition) is 6. The number of thioether (sulfide) groups is 1. The van der Waals surface area contributed by atoms with Gasteiger partial charge in [-0.3, -0.25) is 9.59 Å². The molecule has 8 nitrogen and oxygen atoms in total. The van der Waals surface area contributed by atoms with Crippen molar-refractivity contribution in [3.8, 4) is 11.5 Å². The number of nitrogens with zero attached hydrogens (tertiary/aromatic N) is 2. The predicted molar refractivity (Wildman–Crippen MR) is 137 cm³/mol. The zero-order chi connectivity index (χ0) is 24.6. The number of para-hydroxylation sites is 2. The number of methoxy groups -OCH3 is 2. The third-order valence-electron chi connectivity index (χ3n) is 5.28. The molecule has 0 aliphatic heterocycles. The second-order valence-electron chi connectivity index (χ2n) is 7.66. The minimum Gasteiger partial charge on any atom is -0.497 e. The molecule has 0 atom stereocenters. The van der Waals surface area contributed by atoms with Crippen molar-refractivity contribution in [2.24, 2.45) is 0 Å². The number of imidazole rings is 1. The summed E-state index contributed by atoms with van der Waals surface area (Å²) in [6.45, 7) is 0.501. The Morgan fingerprint density at radius 2 is 1.54 bits per heavy atom. The molecule has 0 saturated carbocycles. The Bertz CT molecular complexity index is 1300. The number of nitrogens with one attached hydrogen (secondary N) is 2. The summed E-state index contributed by atoms with van der Waals surface area (Å²) in [5.74, 6) is 1.33. The second-order valence-corrected chi connectivity index (χ2v) is 8.60. The van der Waals surface area contributed by atoms with Gasteiger partial charge in [-0.15, -0.1) is 0 Å². The van der Waals surface area contributed by atoms with Gasteiger partial charge in [-0.1, -0.05) is 36.0 Å². The maximum absolute atomic E-state index is 12.8. The lowest BCUT2D eigenvalue weighted by molar-refractivity contribution is -0.121. The monoisotopic (exact) mass is 490 g/mol. The number of carbonyl (C=O) groups is 2. The van der Waals surface area contributed by atoms with E-state index in [0.717, 1.165) is 28.1 Å². The van der Waals surface area contributed by atoms with E-state index < -0.39 is 0 Å². The van der Waals surface area contributed by atoms with Gasteiger partial charge in [-0.05, 0) is 54.1 Å². The molecule has 9 heteroatoms. The molecule has 2 N–H and O–H groups in total. The molecule has 1 aromatic heterocycles. The summed E-state index contributed by atoms with van der Waals surface area (Å²) < 4.78 is 12.1. The topological polar surface area (TPSA) is 94.5 Å². The lowest BCUT2D eigenvalue weighted by Crippen LogP contribution is -2.27. The molecule has 4 rings (SSSR count). The molecule has 0 unspecified atom stereocenters. The lowest BCUT2D eigenvalue weighted by Gasteiger charge is -2.10. The molecule has 2 amide bonds. The summed E-state index contributed by atoms with van der Waals surface area (Å²) >= 11 is 1.29. The SMILES string of the molecule is COc1ccc(CNC(=O)Cn2c(SCC(=O)Nc3ccc(OC)cc3)nc3ccccc32)cc1. The molecule has 0 radical (unpaired) electrons. The van der Waals surface area contributed by atoms with E-state index in [1.54, 1.807) is 38.5 Å². The van der Waals surface area contributed by atoms with Crippen LogP contribution < -0.4 is 20.1 Å². The van der Waals surface area contributed by atoms with Crippen molar-refractivity contribution in [3.05, 3.63) is 78.4 Å². The summed E-state index contributed by atoms with van der Waals surface area (Å²) in [6.07, 6.45) is 0. The van der Waals surface area contributed by atoms with Gasteiger partial charge in [0.05, 0.1) is 31.0 Å². The third-order valence-corrected chi connectivity index (χ3v) is 6.25. The first-order valence-corrected chi connectivity index (χ1v) is 12.0. The Kier molecular flexibility index (Phi) is 7.89. The van der Waals surface area contributed by atoms with E-state index >= 15 is 0 Å². The van der Waals surface area contributed by atoms with E-state index in [9.17, 15) is 9.59 Å². The van der Waals surface area contributed by atoms with E-state index in [1.165, 1.54) is 11.8 Å². The number of fused-ring (bicyclic) bond motifs is 1. The zero-order valence-electron chi connectivity index (χ0n) is 19.5. The smallest absolute Gasteiger partial charge is 0.240 e. The van der Waals surface area contributed by atoms with Crippen LogP contribution in [0.4, 0.5) is 5.69 Å². The highest BCUT2D eigenvalue weighted by molar-refractivity contribution is 7.99. The van der Waals surface area contributed by atoms with Gasteiger partial charge in [0, 0.05) is 12.2 Å². The van der Waals surface area contributed by atoms with E-state index in [-0.39, 0.29) is 24.1 Å². The number of hydrogen-bond donors (Lipinski definition) is 2. The van der Waals surface area contributed by atoms with E-state index in [4.69, 9.17) is 9.47 Å². The van der Waals surface area contributed by atoms with Gasteiger partial charge in [0.2, 0.25) is 11.8 Å². The fourth-order valence-electron chi connectivity index (χ4n) is 3.46. The Morgan fingerprint density at radius 1 is 0.886 bits per heavy atom. The van der Waals surface area contributed by atoms with Crippen LogP contribution >= 0.6 is 11.8 Å². The number of anilines is 1. The minimum atomic E-state index is -0.164. The number of ether oxygens (including phenoxy) is 2. The van der Waals surface area contributed by atoms with Crippen molar-refractivity contribution >= 4 is 40.3 Å². The van der Waals surface area contributed by atoms with Gasteiger partial charge in [-0.2, -0.15) is 0 Å². The molecule has 35 heavy (non-hydrogen) atoms. The standard InChI is InChI=1S/C26H26N4O4S/c1-33-20-11-7-18(8-12-20)15-27-24(31)16-30-23-6-4-3-5-22(23)29-26(30)35-17-25(32)28-19-9-13-21(34-2)14-10-19/h3-14H,15-17H2,1-2H3,(H,27,31)(H,28,32). The molecule has 0 spiro atoms. The molecule has 0 aliphatic carbocycles. The molecule has 0 fully saturated rings. The van der Waals surface area contributed by atoms with Crippen LogP contribution in [-0.2, 0) is 22.7 Å². The quantitative estimate of drug-likeness (QED) is 0.325. The largest absolute Gasteiger partial charge is 0.497 e. The Hall–Kier alpha value is -3.98. The summed E-state index contributed by atoms with van der Waals surface area (Å²) in [6, 6.07) is 22.3. The summed E-state index contributed by atoms with van der Waals surface area (Å²) in [4.78, 5) is 29.9. The first kappa shape index (κ1) is 24.2. The molecule has 1 heterocycles. The van der Waals surface area contributed by atoms with Crippen molar-refractivity contribution in [3.63, 3.8) is 0 Å². The molecule has 180 valence electrons. The van der Waals surface area contributed by atoms with Crippen molar-refractivity contribution < 1.29 is 19.1 Å². The first-order chi connectivity index (χ1) is 17.1. The molecule has 0 saturated heterocycles. The van der Waals surface area contributed by atoms with Gasteiger partial charge in [-0.25, -0.2) is 4.98 Å². The fraction of sp³-hybridized carbons (Fsp3) is 0.192. The normalized spacial score (nSPS) is 10.7. The molecule has 4 aromatic rings. The first-order valence-electron chi connectivity index (χ1n) is 11.0. The highest BCUT2D eigenvalue weighted by atomic mass is 32.2.